The second kappa shape index (κ2) is 13.2. The van der Waals surface area contributed by atoms with Gasteiger partial charge in [-0.1, -0.05) is 24.3 Å². The van der Waals surface area contributed by atoms with E-state index >= 15 is 0 Å². The average molecular weight is 523 g/mol. The molecule has 0 N–H and O–H groups in total. The molecular weight excluding hydrogens is 488 g/mol. The number of hydrogen-bond donors (Lipinski definition) is 0. The summed E-state index contributed by atoms with van der Waals surface area (Å²) in [5.74, 6) is 4.72. The lowest BCUT2D eigenvalue weighted by Crippen LogP contribution is -1.96. The molecule has 0 unspecified atom stereocenters. The van der Waals surface area contributed by atoms with Gasteiger partial charge in [0.2, 0.25) is 11.5 Å². The summed E-state index contributed by atoms with van der Waals surface area (Å²) in [7, 11) is 12.8. The van der Waals surface area contributed by atoms with E-state index < -0.39 is 0 Å². The van der Waals surface area contributed by atoms with Crippen LogP contribution in [0.15, 0.2) is 36.4 Å². The first-order valence-corrected chi connectivity index (χ1v) is 11.7. The molecule has 38 heavy (non-hydrogen) atoms. The summed E-state index contributed by atoms with van der Waals surface area (Å²) < 4.78 is 44.0. The molecule has 0 fully saturated rings. The third-order valence-electron chi connectivity index (χ3n) is 5.87. The lowest BCUT2D eigenvalue weighted by Gasteiger charge is -2.14. The van der Waals surface area contributed by atoms with E-state index in [0.717, 1.165) is 22.3 Å². The molecule has 0 radical (unpaired) electrons. The Hall–Kier alpha value is -4.46. The van der Waals surface area contributed by atoms with Gasteiger partial charge in [-0.2, -0.15) is 0 Å². The summed E-state index contributed by atoms with van der Waals surface area (Å²) in [5.41, 5.74) is 3.41. The Kier molecular flexibility index (Phi) is 9.76. The Labute approximate surface area is 223 Å². The van der Waals surface area contributed by atoms with Crippen LogP contribution in [-0.2, 0) is 0 Å². The zero-order chi connectivity index (χ0) is 27.7. The van der Waals surface area contributed by atoms with Crippen LogP contribution in [0.4, 0.5) is 0 Å². The lowest BCUT2D eigenvalue weighted by molar-refractivity contribution is 0.324. The maximum atomic E-state index is 5.69. The van der Waals surface area contributed by atoms with Crippen molar-refractivity contribution in [2.45, 2.75) is 0 Å². The van der Waals surface area contributed by atoms with Crippen molar-refractivity contribution >= 4 is 24.3 Å². The van der Waals surface area contributed by atoms with E-state index in [1.165, 1.54) is 0 Å². The Morgan fingerprint density at radius 1 is 0.342 bits per heavy atom. The van der Waals surface area contributed by atoms with E-state index in [4.69, 9.17) is 37.9 Å². The van der Waals surface area contributed by atoms with Crippen LogP contribution in [0, 0.1) is 0 Å². The van der Waals surface area contributed by atoms with Gasteiger partial charge in [-0.05, 0) is 47.5 Å². The first kappa shape index (κ1) is 28.1. The van der Waals surface area contributed by atoms with Crippen molar-refractivity contribution in [2.24, 2.45) is 0 Å². The van der Waals surface area contributed by atoms with Gasteiger partial charge < -0.3 is 37.9 Å². The summed E-state index contributed by atoms with van der Waals surface area (Å²) >= 11 is 0. The molecule has 0 saturated carbocycles. The fourth-order valence-corrected chi connectivity index (χ4v) is 3.97. The molecule has 8 nitrogen and oxygen atoms in total. The van der Waals surface area contributed by atoms with Crippen molar-refractivity contribution in [2.75, 3.05) is 56.9 Å². The normalized spacial score (nSPS) is 10.9. The van der Waals surface area contributed by atoms with Gasteiger partial charge in [0, 0.05) is 11.1 Å². The predicted octanol–water partition coefficient (Wildman–Crippen LogP) is 6.10. The second-order valence-corrected chi connectivity index (χ2v) is 7.92. The molecule has 0 aliphatic rings. The van der Waals surface area contributed by atoms with Gasteiger partial charge in [0.25, 0.3) is 0 Å². The van der Waals surface area contributed by atoms with E-state index in [2.05, 4.69) is 0 Å². The largest absolute Gasteiger partial charge is 0.496 e. The van der Waals surface area contributed by atoms with Gasteiger partial charge in [0.1, 0.15) is 11.5 Å². The highest BCUT2D eigenvalue weighted by Gasteiger charge is 2.14. The minimum absolute atomic E-state index is 0.537. The molecule has 0 heterocycles. The van der Waals surface area contributed by atoms with Crippen molar-refractivity contribution in [3.63, 3.8) is 0 Å². The van der Waals surface area contributed by atoms with Crippen LogP contribution in [0.2, 0.25) is 0 Å². The van der Waals surface area contributed by atoms with Crippen LogP contribution < -0.4 is 37.9 Å². The average Bonchev–Trinajstić information content (AvgIpc) is 2.97. The van der Waals surface area contributed by atoms with E-state index in [9.17, 15) is 0 Å². The molecule has 3 rings (SSSR count). The highest BCUT2D eigenvalue weighted by Crippen LogP contribution is 2.40. The Morgan fingerprint density at radius 3 is 0.868 bits per heavy atom. The van der Waals surface area contributed by atoms with E-state index in [0.29, 0.717) is 46.0 Å². The number of rotatable bonds is 12. The van der Waals surface area contributed by atoms with Crippen LogP contribution in [0.25, 0.3) is 24.3 Å². The molecule has 0 aromatic heterocycles. The van der Waals surface area contributed by atoms with Gasteiger partial charge in [0.05, 0.1) is 56.9 Å². The number of methoxy groups -OCH3 is 8. The third kappa shape index (κ3) is 6.08. The van der Waals surface area contributed by atoms with Crippen molar-refractivity contribution < 1.29 is 37.9 Å². The Bertz CT molecular complexity index is 1160. The SMILES string of the molecule is COc1cc(C=Cc2cc(OC)c(OC)c(OC)c2)c(OC)cc1C=Cc1cc(OC)c(OC)c(OC)c1. The van der Waals surface area contributed by atoms with Crippen LogP contribution in [0.3, 0.4) is 0 Å². The summed E-state index contributed by atoms with van der Waals surface area (Å²) in [6.45, 7) is 0. The first-order chi connectivity index (χ1) is 18.5. The lowest BCUT2D eigenvalue weighted by atomic mass is 10.0. The molecule has 0 amide bonds. The Morgan fingerprint density at radius 2 is 0.632 bits per heavy atom. The second-order valence-electron chi connectivity index (χ2n) is 7.92. The molecule has 0 bridgehead atoms. The molecule has 3 aromatic carbocycles. The van der Waals surface area contributed by atoms with Crippen LogP contribution in [-0.4, -0.2) is 56.9 Å². The van der Waals surface area contributed by atoms with Gasteiger partial charge in [0.15, 0.2) is 23.0 Å². The first-order valence-electron chi connectivity index (χ1n) is 11.7. The van der Waals surface area contributed by atoms with Crippen molar-refractivity contribution in [3.05, 3.63) is 58.7 Å². The summed E-state index contributed by atoms with van der Waals surface area (Å²) in [6, 6.07) is 11.3. The molecule has 3 aromatic rings. The maximum absolute atomic E-state index is 5.69. The molecular formula is C30H34O8. The van der Waals surface area contributed by atoms with Gasteiger partial charge in [-0.3, -0.25) is 0 Å². The molecule has 0 spiro atoms. The molecule has 0 aliphatic carbocycles. The summed E-state index contributed by atoms with van der Waals surface area (Å²) in [4.78, 5) is 0. The van der Waals surface area contributed by atoms with Gasteiger partial charge in [-0.15, -0.1) is 0 Å². The predicted molar refractivity (Wildman–Crippen MR) is 150 cm³/mol. The number of ether oxygens (including phenoxy) is 8. The minimum atomic E-state index is 0.537. The standard InChI is InChI=1S/C30H34O8/c1-31-23-17-22(12-10-20-15-27(35-5)30(38-8)28(16-20)36-6)24(32-2)18-21(23)11-9-19-13-25(33-3)29(37-7)26(14-19)34-4/h9-18H,1-8H3. The van der Waals surface area contributed by atoms with Gasteiger partial charge >= 0.3 is 0 Å². The van der Waals surface area contributed by atoms with E-state index in [-0.39, 0.29) is 0 Å². The molecule has 0 aliphatic heterocycles. The molecule has 202 valence electrons. The zero-order valence-corrected chi connectivity index (χ0v) is 23.0. The quantitative estimate of drug-likeness (QED) is 0.264. The highest BCUT2D eigenvalue weighted by atomic mass is 16.5. The molecule has 0 saturated heterocycles. The maximum Gasteiger partial charge on any atom is 0.203 e. The minimum Gasteiger partial charge on any atom is -0.496 e. The van der Waals surface area contributed by atoms with Crippen LogP contribution in [0.1, 0.15) is 22.3 Å². The van der Waals surface area contributed by atoms with Crippen molar-refractivity contribution in [1.82, 2.24) is 0 Å². The topological polar surface area (TPSA) is 73.8 Å². The molecule has 0 atom stereocenters. The highest BCUT2D eigenvalue weighted by molar-refractivity contribution is 5.80. The fraction of sp³-hybridized carbons (Fsp3) is 0.267. The Balaban J connectivity index is 1.99. The van der Waals surface area contributed by atoms with E-state index in [1.54, 1.807) is 56.9 Å². The van der Waals surface area contributed by atoms with Crippen LogP contribution >= 0.6 is 0 Å². The van der Waals surface area contributed by atoms with Crippen molar-refractivity contribution in [1.29, 1.82) is 0 Å². The zero-order valence-electron chi connectivity index (χ0n) is 23.0. The third-order valence-corrected chi connectivity index (χ3v) is 5.87. The molecule has 8 heteroatoms. The summed E-state index contributed by atoms with van der Waals surface area (Å²) in [6.07, 6.45) is 7.75. The number of benzene rings is 3. The van der Waals surface area contributed by atoms with Crippen LogP contribution in [0.5, 0.6) is 46.0 Å². The smallest absolute Gasteiger partial charge is 0.203 e. The van der Waals surface area contributed by atoms with E-state index in [1.807, 2.05) is 60.7 Å². The fourth-order valence-electron chi connectivity index (χ4n) is 3.97. The number of hydrogen-bond acceptors (Lipinski definition) is 8. The summed E-state index contributed by atoms with van der Waals surface area (Å²) in [5, 5.41) is 0. The van der Waals surface area contributed by atoms with Gasteiger partial charge in [-0.25, -0.2) is 0 Å². The monoisotopic (exact) mass is 522 g/mol. The van der Waals surface area contributed by atoms with Crippen molar-refractivity contribution in [3.8, 4) is 46.0 Å².